The Balaban J connectivity index is 2.16. The average Bonchev–Trinajstić information content (AvgIpc) is 2.14. The molecule has 0 spiro atoms. The fourth-order valence-corrected chi connectivity index (χ4v) is 1.07. The van der Waals surface area contributed by atoms with Crippen molar-refractivity contribution in [3.63, 3.8) is 0 Å². The van der Waals surface area contributed by atoms with E-state index in [2.05, 4.69) is 10.3 Å². The molecule has 66 valence electrons. The Labute approximate surface area is 76.4 Å². The summed E-state index contributed by atoms with van der Waals surface area (Å²) in [6, 6.07) is 5.83. The van der Waals surface area contributed by atoms with Crippen LogP contribution >= 0.6 is 12.0 Å². The highest BCUT2D eigenvalue weighted by molar-refractivity contribution is 7.93. The van der Waals surface area contributed by atoms with Gasteiger partial charge in [0.1, 0.15) is 0 Å². The Kier molecular flexibility index (Phi) is 4.75. The fourth-order valence-electron chi connectivity index (χ4n) is 0.837. The van der Waals surface area contributed by atoms with Crippen molar-refractivity contribution in [1.82, 2.24) is 10.3 Å². The highest BCUT2D eigenvalue weighted by atomic mass is 32.2. The minimum absolute atomic E-state index is 0.715. The predicted octanol–water partition coefficient (Wildman–Crippen LogP) is 1.38. The molecular formula is C8H12N2OS. The van der Waals surface area contributed by atoms with E-state index >= 15 is 0 Å². The number of nitrogens with zero attached hydrogens (tertiary/aromatic N) is 1. The highest BCUT2D eigenvalue weighted by Crippen LogP contribution is 1.92. The Bertz CT molecular complexity index is 205. The first-order valence-electron chi connectivity index (χ1n) is 3.80. The maximum absolute atomic E-state index is 8.42. The lowest BCUT2D eigenvalue weighted by Crippen LogP contribution is -2.16. The molecule has 0 fully saturated rings. The monoisotopic (exact) mass is 184 g/mol. The maximum atomic E-state index is 8.42. The number of nitrogens with one attached hydrogen (secondary N) is 1. The molecule has 1 rings (SSSR count). The second kappa shape index (κ2) is 5.99. The smallest absolute Gasteiger partial charge is 0.0541 e. The van der Waals surface area contributed by atoms with Crippen molar-refractivity contribution < 1.29 is 4.55 Å². The van der Waals surface area contributed by atoms with Crippen LogP contribution in [-0.4, -0.2) is 21.8 Å². The van der Waals surface area contributed by atoms with Gasteiger partial charge in [0.05, 0.1) is 5.69 Å². The molecule has 0 aliphatic carbocycles. The molecule has 3 nitrogen and oxygen atoms in total. The van der Waals surface area contributed by atoms with Gasteiger partial charge in [0, 0.05) is 25.0 Å². The van der Waals surface area contributed by atoms with Crippen LogP contribution < -0.4 is 5.32 Å². The molecule has 0 aromatic carbocycles. The molecule has 1 aromatic rings. The van der Waals surface area contributed by atoms with Gasteiger partial charge in [-0.25, -0.2) is 0 Å². The molecule has 4 heteroatoms. The SMILES string of the molecule is OSCCNCc1ccccn1. The average molecular weight is 184 g/mol. The summed E-state index contributed by atoms with van der Waals surface area (Å²) in [6.07, 6.45) is 1.78. The second-order valence-corrected chi connectivity index (χ2v) is 3.00. The molecular weight excluding hydrogens is 172 g/mol. The minimum atomic E-state index is 0.715. The van der Waals surface area contributed by atoms with E-state index in [0.29, 0.717) is 5.75 Å². The maximum Gasteiger partial charge on any atom is 0.0541 e. The number of aromatic nitrogens is 1. The molecule has 1 aromatic heterocycles. The Morgan fingerprint density at radius 2 is 2.42 bits per heavy atom. The van der Waals surface area contributed by atoms with Crippen LogP contribution in [0.5, 0.6) is 0 Å². The van der Waals surface area contributed by atoms with Crippen molar-refractivity contribution >= 4 is 12.0 Å². The van der Waals surface area contributed by atoms with Gasteiger partial charge in [-0.1, -0.05) is 6.07 Å². The topological polar surface area (TPSA) is 45.1 Å². The molecule has 0 radical (unpaired) electrons. The van der Waals surface area contributed by atoms with Crippen molar-refractivity contribution in [1.29, 1.82) is 0 Å². The van der Waals surface area contributed by atoms with Gasteiger partial charge in [-0.05, 0) is 24.2 Å². The first-order chi connectivity index (χ1) is 5.93. The zero-order valence-electron chi connectivity index (χ0n) is 6.73. The summed E-state index contributed by atoms with van der Waals surface area (Å²) in [5.74, 6) is 0.715. The lowest BCUT2D eigenvalue weighted by atomic mass is 10.3. The quantitative estimate of drug-likeness (QED) is 0.536. The number of pyridine rings is 1. The standard InChI is InChI=1S/C8H12N2OS/c11-12-6-5-9-7-8-3-1-2-4-10-8/h1-4,9,11H,5-7H2. The third-order valence-electron chi connectivity index (χ3n) is 1.40. The summed E-state index contributed by atoms with van der Waals surface area (Å²) in [4.78, 5) is 4.14. The van der Waals surface area contributed by atoms with Crippen LogP contribution in [0, 0.1) is 0 Å². The van der Waals surface area contributed by atoms with Crippen LogP contribution in [0.2, 0.25) is 0 Å². The van der Waals surface area contributed by atoms with Gasteiger partial charge in [-0.3, -0.25) is 4.98 Å². The van der Waals surface area contributed by atoms with Crippen LogP contribution in [0.15, 0.2) is 24.4 Å². The van der Waals surface area contributed by atoms with E-state index < -0.39 is 0 Å². The summed E-state index contributed by atoms with van der Waals surface area (Å²) in [7, 11) is 0. The zero-order valence-corrected chi connectivity index (χ0v) is 7.55. The van der Waals surface area contributed by atoms with E-state index in [0.717, 1.165) is 30.8 Å². The van der Waals surface area contributed by atoms with Crippen LogP contribution in [0.25, 0.3) is 0 Å². The molecule has 1 heterocycles. The lowest BCUT2D eigenvalue weighted by molar-refractivity contribution is 0.652. The van der Waals surface area contributed by atoms with Crippen LogP contribution in [-0.2, 0) is 6.54 Å². The van der Waals surface area contributed by atoms with Crippen LogP contribution in [0.3, 0.4) is 0 Å². The molecule has 0 saturated heterocycles. The van der Waals surface area contributed by atoms with Crippen molar-refractivity contribution in [3.05, 3.63) is 30.1 Å². The molecule has 0 saturated carbocycles. The fraction of sp³-hybridized carbons (Fsp3) is 0.375. The Morgan fingerprint density at radius 1 is 1.50 bits per heavy atom. The summed E-state index contributed by atoms with van der Waals surface area (Å²) >= 11 is 0.854. The summed E-state index contributed by atoms with van der Waals surface area (Å²) in [5.41, 5.74) is 1.03. The highest BCUT2D eigenvalue weighted by Gasteiger charge is 1.90. The summed E-state index contributed by atoms with van der Waals surface area (Å²) in [5, 5.41) is 3.16. The molecule has 0 atom stereocenters. The first-order valence-corrected chi connectivity index (χ1v) is 4.74. The normalized spacial score (nSPS) is 10.1. The molecule has 0 amide bonds. The van der Waals surface area contributed by atoms with Crippen molar-refractivity contribution in [2.75, 3.05) is 12.3 Å². The number of rotatable bonds is 5. The van der Waals surface area contributed by atoms with E-state index in [-0.39, 0.29) is 0 Å². The van der Waals surface area contributed by atoms with Gasteiger partial charge in [0.15, 0.2) is 0 Å². The third-order valence-corrected chi connectivity index (χ3v) is 1.79. The van der Waals surface area contributed by atoms with Crippen molar-refractivity contribution in [2.24, 2.45) is 0 Å². The minimum Gasteiger partial charge on any atom is -0.330 e. The molecule has 0 unspecified atom stereocenters. The zero-order chi connectivity index (χ0) is 8.65. The van der Waals surface area contributed by atoms with Gasteiger partial charge in [-0.2, -0.15) is 0 Å². The molecule has 0 aliphatic heterocycles. The van der Waals surface area contributed by atoms with Gasteiger partial charge in [-0.15, -0.1) is 0 Å². The van der Waals surface area contributed by atoms with E-state index in [1.807, 2.05) is 18.2 Å². The van der Waals surface area contributed by atoms with Crippen LogP contribution in [0.1, 0.15) is 5.69 Å². The largest absolute Gasteiger partial charge is 0.330 e. The molecule has 12 heavy (non-hydrogen) atoms. The first kappa shape index (κ1) is 9.51. The van der Waals surface area contributed by atoms with Gasteiger partial charge in [0.25, 0.3) is 0 Å². The van der Waals surface area contributed by atoms with E-state index in [4.69, 9.17) is 4.55 Å². The molecule has 0 bridgehead atoms. The molecule has 2 N–H and O–H groups in total. The van der Waals surface area contributed by atoms with E-state index in [1.54, 1.807) is 6.20 Å². The molecule has 0 aliphatic rings. The number of hydrogen-bond donors (Lipinski definition) is 2. The van der Waals surface area contributed by atoms with Crippen LogP contribution in [0.4, 0.5) is 0 Å². The second-order valence-electron chi connectivity index (χ2n) is 2.33. The Morgan fingerprint density at radius 3 is 3.08 bits per heavy atom. The van der Waals surface area contributed by atoms with Crippen molar-refractivity contribution in [2.45, 2.75) is 6.54 Å². The van der Waals surface area contributed by atoms with E-state index in [9.17, 15) is 0 Å². The van der Waals surface area contributed by atoms with Gasteiger partial charge in [0.2, 0.25) is 0 Å². The van der Waals surface area contributed by atoms with Gasteiger partial charge < -0.3 is 9.87 Å². The summed E-state index contributed by atoms with van der Waals surface area (Å²) < 4.78 is 8.42. The predicted molar refractivity (Wildman–Crippen MR) is 51.0 cm³/mol. The number of hydrogen-bond acceptors (Lipinski definition) is 4. The Hall–Kier alpha value is -0.580. The third kappa shape index (κ3) is 3.71. The van der Waals surface area contributed by atoms with Crippen molar-refractivity contribution in [3.8, 4) is 0 Å². The van der Waals surface area contributed by atoms with E-state index in [1.165, 1.54) is 0 Å². The lowest BCUT2D eigenvalue weighted by Gasteiger charge is -2.01. The summed E-state index contributed by atoms with van der Waals surface area (Å²) in [6.45, 7) is 1.57. The van der Waals surface area contributed by atoms with Gasteiger partial charge >= 0.3 is 0 Å².